The summed E-state index contributed by atoms with van der Waals surface area (Å²) in [5, 5.41) is 0.812. The van der Waals surface area contributed by atoms with Gasteiger partial charge in [0.25, 0.3) is 0 Å². The third-order valence-corrected chi connectivity index (χ3v) is 6.71. The van der Waals surface area contributed by atoms with Gasteiger partial charge in [-0.15, -0.1) is 0 Å². The number of hydrogen-bond acceptors (Lipinski definition) is 4. The van der Waals surface area contributed by atoms with Crippen LogP contribution in [-0.2, 0) is 26.1 Å². The number of halogens is 2. The molecule has 30 heavy (non-hydrogen) atoms. The topological polar surface area (TPSA) is 66.9 Å². The molecule has 0 radical (unpaired) electrons. The molecular weight excluding hydrogens is 447 g/mol. The Labute approximate surface area is 188 Å². The van der Waals surface area contributed by atoms with Crippen LogP contribution >= 0.6 is 23.2 Å². The lowest BCUT2D eigenvalue weighted by Gasteiger charge is -2.34. The summed E-state index contributed by atoms with van der Waals surface area (Å²) in [5.41, 5.74) is 0.733. The van der Waals surface area contributed by atoms with Gasteiger partial charge in [-0.25, -0.2) is 0 Å². The summed E-state index contributed by atoms with van der Waals surface area (Å²) in [7, 11) is -1.40. The summed E-state index contributed by atoms with van der Waals surface area (Å²) in [6.07, 6.45) is 0. The number of hydrogen-bond donors (Lipinski definition) is 0. The highest BCUT2D eigenvalue weighted by molar-refractivity contribution is 7.84. The lowest BCUT2D eigenvalue weighted by atomic mass is 10.2. The Hall–Kier alpha value is -2.09. The van der Waals surface area contributed by atoms with Crippen LogP contribution in [0.2, 0.25) is 10.0 Å². The molecule has 0 bridgehead atoms. The zero-order valence-electron chi connectivity index (χ0n) is 16.5. The van der Waals surface area contributed by atoms with Crippen LogP contribution in [0.3, 0.4) is 0 Å². The predicted molar refractivity (Wildman–Crippen MR) is 119 cm³/mol. The van der Waals surface area contributed by atoms with Gasteiger partial charge in [0.05, 0.1) is 15.8 Å². The van der Waals surface area contributed by atoms with Crippen LogP contribution in [0.25, 0.3) is 0 Å². The molecule has 3 rings (SSSR count). The first-order chi connectivity index (χ1) is 14.3. The molecule has 1 aliphatic heterocycles. The normalized spacial score (nSPS) is 15.0. The van der Waals surface area contributed by atoms with Gasteiger partial charge in [0.2, 0.25) is 11.8 Å². The van der Waals surface area contributed by atoms with Crippen LogP contribution in [-0.4, -0.2) is 57.8 Å². The molecule has 160 valence electrons. The number of rotatable bonds is 6. The van der Waals surface area contributed by atoms with Gasteiger partial charge in [-0.1, -0.05) is 41.4 Å². The van der Waals surface area contributed by atoms with Crippen LogP contribution in [0.4, 0.5) is 0 Å². The third-order valence-electron chi connectivity index (χ3n) is 4.77. The van der Waals surface area contributed by atoms with E-state index >= 15 is 0 Å². The van der Waals surface area contributed by atoms with Crippen molar-refractivity contribution in [2.24, 2.45) is 0 Å². The second kappa shape index (κ2) is 10.3. The van der Waals surface area contributed by atoms with Crippen molar-refractivity contribution in [3.8, 4) is 11.5 Å². The molecule has 2 aromatic carbocycles. The molecule has 1 aliphatic rings. The number of ether oxygens (including phenoxy) is 1. The van der Waals surface area contributed by atoms with E-state index in [1.54, 1.807) is 34.1 Å². The molecule has 2 amide bonds. The molecule has 2 aromatic rings. The van der Waals surface area contributed by atoms with Gasteiger partial charge in [-0.2, -0.15) is 0 Å². The fourth-order valence-corrected chi connectivity index (χ4v) is 4.55. The van der Waals surface area contributed by atoms with Crippen molar-refractivity contribution >= 4 is 45.8 Å². The zero-order chi connectivity index (χ0) is 21.7. The molecule has 1 heterocycles. The Morgan fingerprint density at radius 2 is 1.67 bits per heavy atom. The molecular formula is C21H22Cl2N2O4S. The minimum Gasteiger partial charge on any atom is -0.457 e. The minimum absolute atomic E-state index is 0.00394. The van der Waals surface area contributed by atoms with E-state index in [9.17, 15) is 13.8 Å². The van der Waals surface area contributed by atoms with Gasteiger partial charge in [0.1, 0.15) is 17.3 Å². The Morgan fingerprint density at radius 3 is 2.33 bits per heavy atom. The van der Waals surface area contributed by atoms with E-state index in [4.69, 9.17) is 27.9 Å². The van der Waals surface area contributed by atoms with Crippen LogP contribution < -0.4 is 4.74 Å². The van der Waals surface area contributed by atoms with E-state index in [0.29, 0.717) is 47.7 Å². The third kappa shape index (κ3) is 5.97. The molecule has 1 atom stereocenters. The number of piperazine rings is 1. The largest absolute Gasteiger partial charge is 0.457 e. The average molecular weight is 469 g/mol. The summed E-state index contributed by atoms with van der Waals surface area (Å²) in [5.74, 6) is 1.02. The van der Waals surface area contributed by atoms with Crippen molar-refractivity contribution in [2.75, 3.05) is 31.9 Å². The van der Waals surface area contributed by atoms with E-state index in [0.717, 1.165) is 5.56 Å². The highest BCUT2D eigenvalue weighted by atomic mass is 35.5. The van der Waals surface area contributed by atoms with E-state index in [-0.39, 0.29) is 23.3 Å². The highest BCUT2D eigenvalue weighted by Gasteiger charge is 2.23. The first-order valence-corrected chi connectivity index (χ1v) is 11.7. The summed E-state index contributed by atoms with van der Waals surface area (Å²) < 4.78 is 18.5. The maximum absolute atomic E-state index is 12.6. The van der Waals surface area contributed by atoms with Gasteiger partial charge in [-0.3, -0.25) is 13.8 Å². The van der Waals surface area contributed by atoms with Gasteiger partial charge < -0.3 is 14.5 Å². The quantitative estimate of drug-likeness (QED) is 0.647. The Morgan fingerprint density at radius 1 is 1.00 bits per heavy atom. The fraction of sp³-hybridized carbons (Fsp3) is 0.333. The Bertz CT molecular complexity index is 962. The molecule has 1 fully saturated rings. The molecule has 0 spiro atoms. The molecule has 1 unspecified atom stereocenters. The summed E-state index contributed by atoms with van der Waals surface area (Å²) >= 11 is 12.0. The second-order valence-corrected chi connectivity index (χ2v) is 9.17. The molecule has 0 aromatic heterocycles. The van der Waals surface area contributed by atoms with E-state index < -0.39 is 10.8 Å². The number of amides is 2. The molecule has 0 saturated carbocycles. The van der Waals surface area contributed by atoms with Gasteiger partial charge in [-0.05, 0) is 18.2 Å². The molecule has 1 saturated heterocycles. The average Bonchev–Trinajstić information content (AvgIpc) is 2.72. The van der Waals surface area contributed by atoms with E-state index in [2.05, 4.69) is 0 Å². The van der Waals surface area contributed by atoms with Crippen molar-refractivity contribution in [2.45, 2.75) is 12.7 Å². The van der Waals surface area contributed by atoms with Crippen LogP contribution in [0.15, 0.2) is 42.5 Å². The second-order valence-electron chi connectivity index (χ2n) is 6.90. The first kappa shape index (κ1) is 22.6. The van der Waals surface area contributed by atoms with E-state index in [1.807, 2.05) is 18.2 Å². The predicted octanol–water partition coefficient (Wildman–Crippen LogP) is 3.73. The van der Waals surface area contributed by atoms with Crippen LogP contribution in [0, 0.1) is 0 Å². The van der Waals surface area contributed by atoms with Crippen LogP contribution in [0.5, 0.6) is 11.5 Å². The Kier molecular flexibility index (Phi) is 7.75. The van der Waals surface area contributed by atoms with Gasteiger partial charge >= 0.3 is 0 Å². The van der Waals surface area contributed by atoms with Crippen molar-refractivity contribution in [3.05, 3.63) is 58.1 Å². The first-order valence-electron chi connectivity index (χ1n) is 9.42. The number of carbonyl (C=O) groups is 2. The lowest BCUT2D eigenvalue weighted by Crippen LogP contribution is -2.51. The monoisotopic (exact) mass is 468 g/mol. The SMILES string of the molecule is CC(=O)N1CCN(C(=O)CS(=O)Cc2ccccc2Oc2ccc(Cl)c(Cl)c2)CC1. The van der Waals surface area contributed by atoms with E-state index in [1.165, 1.54) is 6.92 Å². The summed E-state index contributed by atoms with van der Waals surface area (Å²) in [6, 6.07) is 12.2. The maximum atomic E-state index is 12.6. The summed E-state index contributed by atoms with van der Waals surface area (Å²) in [4.78, 5) is 27.3. The van der Waals surface area contributed by atoms with Crippen molar-refractivity contribution < 1.29 is 18.5 Å². The highest BCUT2D eigenvalue weighted by Crippen LogP contribution is 2.31. The molecule has 9 heteroatoms. The fourth-order valence-electron chi connectivity index (χ4n) is 3.11. The van der Waals surface area contributed by atoms with Gasteiger partial charge in [0, 0.05) is 55.5 Å². The maximum Gasteiger partial charge on any atom is 0.235 e. The summed E-state index contributed by atoms with van der Waals surface area (Å²) in [6.45, 7) is 3.46. The molecule has 6 nitrogen and oxygen atoms in total. The smallest absolute Gasteiger partial charge is 0.235 e. The number of para-hydroxylation sites is 1. The van der Waals surface area contributed by atoms with Gasteiger partial charge in [0.15, 0.2) is 0 Å². The number of benzene rings is 2. The standard InChI is InChI=1S/C21H22Cl2N2O4S/c1-15(26)24-8-10-25(11-9-24)21(27)14-30(28)13-16-4-2-3-5-20(16)29-17-6-7-18(22)19(23)12-17/h2-7,12H,8-11,13-14H2,1H3. The number of nitrogens with zero attached hydrogens (tertiary/aromatic N) is 2. The molecule has 0 aliphatic carbocycles. The van der Waals surface area contributed by atoms with Crippen molar-refractivity contribution in [1.29, 1.82) is 0 Å². The van der Waals surface area contributed by atoms with Crippen molar-refractivity contribution in [1.82, 2.24) is 9.80 Å². The minimum atomic E-state index is -1.40. The number of carbonyl (C=O) groups excluding carboxylic acids is 2. The molecule has 0 N–H and O–H groups in total. The lowest BCUT2D eigenvalue weighted by molar-refractivity contribution is -0.136. The zero-order valence-corrected chi connectivity index (χ0v) is 18.8. The van der Waals surface area contributed by atoms with Crippen LogP contribution in [0.1, 0.15) is 12.5 Å². The van der Waals surface area contributed by atoms with Crippen molar-refractivity contribution in [3.63, 3.8) is 0 Å². The Balaban J connectivity index is 1.59.